The molecule has 18 heavy (non-hydrogen) atoms. The van der Waals surface area contributed by atoms with Gasteiger partial charge >= 0.3 is 5.97 Å². The molecule has 3 unspecified atom stereocenters. The summed E-state index contributed by atoms with van der Waals surface area (Å²) in [5.74, 6) is 0.532. The van der Waals surface area contributed by atoms with Gasteiger partial charge in [-0.15, -0.1) is 0 Å². The quantitative estimate of drug-likeness (QED) is 0.611. The summed E-state index contributed by atoms with van der Waals surface area (Å²) < 4.78 is 0. The van der Waals surface area contributed by atoms with Crippen molar-refractivity contribution in [1.82, 2.24) is 10.6 Å². The average molecular weight is 254 g/mol. The minimum absolute atomic E-state index is 0.0167. The maximum atomic E-state index is 12.0. The number of unbranched alkanes of at least 4 members (excludes halogenated alkanes) is 1. The van der Waals surface area contributed by atoms with E-state index in [-0.39, 0.29) is 18.4 Å². The highest BCUT2D eigenvalue weighted by Crippen LogP contribution is 2.37. The third-order valence-corrected chi connectivity index (χ3v) is 4.15. The van der Waals surface area contributed by atoms with Crippen LogP contribution in [-0.4, -0.2) is 36.1 Å². The normalized spacial score (nSPS) is 30.1. The highest BCUT2D eigenvalue weighted by molar-refractivity contribution is 5.82. The molecule has 1 heterocycles. The van der Waals surface area contributed by atoms with Gasteiger partial charge in [0.25, 0.3) is 0 Å². The van der Waals surface area contributed by atoms with E-state index in [0.717, 1.165) is 19.4 Å². The fourth-order valence-electron chi connectivity index (χ4n) is 3.20. The standard InChI is InChI=1S/C13H22N2O3/c16-11(17)6-1-2-7-14-13(18)12-10-5-3-4-9(10)8-15-12/h9-10,12,15H,1-8H2,(H,14,18)(H,16,17). The Labute approximate surface area is 107 Å². The number of carboxylic acids is 1. The summed E-state index contributed by atoms with van der Waals surface area (Å²) in [7, 11) is 0. The maximum absolute atomic E-state index is 12.0. The second kappa shape index (κ2) is 6.18. The molecular weight excluding hydrogens is 232 g/mol. The summed E-state index contributed by atoms with van der Waals surface area (Å²) in [6, 6.07) is -0.0167. The zero-order chi connectivity index (χ0) is 13.0. The first kappa shape index (κ1) is 13.3. The molecule has 0 aromatic rings. The molecule has 0 bridgehead atoms. The molecule has 1 saturated carbocycles. The summed E-state index contributed by atoms with van der Waals surface area (Å²) in [5, 5.41) is 14.7. The summed E-state index contributed by atoms with van der Waals surface area (Å²) in [4.78, 5) is 22.3. The largest absolute Gasteiger partial charge is 0.481 e. The molecule has 1 saturated heterocycles. The predicted octanol–water partition coefficient (Wildman–Crippen LogP) is 0.746. The van der Waals surface area contributed by atoms with E-state index in [4.69, 9.17) is 5.11 Å². The first-order valence-electron chi connectivity index (χ1n) is 6.91. The van der Waals surface area contributed by atoms with E-state index in [9.17, 15) is 9.59 Å². The van der Waals surface area contributed by atoms with Crippen LogP contribution in [0.3, 0.4) is 0 Å². The molecule has 102 valence electrons. The molecule has 3 N–H and O–H groups in total. The smallest absolute Gasteiger partial charge is 0.303 e. The number of fused-ring (bicyclic) bond motifs is 1. The number of amides is 1. The van der Waals surface area contributed by atoms with Crippen LogP contribution in [0.2, 0.25) is 0 Å². The monoisotopic (exact) mass is 254 g/mol. The van der Waals surface area contributed by atoms with E-state index in [0.29, 0.717) is 24.8 Å². The minimum atomic E-state index is -0.771. The lowest BCUT2D eigenvalue weighted by Crippen LogP contribution is -2.44. The van der Waals surface area contributed by atoms with Gasteiger partial charge in [-0.25, -0.2) is 0 Å². The second-order valence-corrected chi connectivity index (χ2v) is 5.38. The fourth-order valence-corrected chi connectivity index (χ4v) is 3.20. The van der Waals surface area contributed by atoms with E-state index >= 15 is 0 Å². The van der Waals surface area contributed by atoms with Crippen molar-refractivity contribution >= 4 is 11.9 Å². The van der Waals surface area contributed by atoms with Gasteiger partial charge in [0.2, 0.25) is 5.91 Å². The number of aliphatic carboxylic acids is 1. The zero-order valence-electron chi connectivity index (χ0n) is 10.7. The molecule has 0 aromatic carbocycles. The van der Waals surface area contributed by atoms with Gasteiger partial charge in [0.15, 0.2) is 0 Å². The zero-order valence-corrected chi connectivity index (χ0v) is 10.7. The Kier molecular flexibility index (Phi) is 4.58. The summed E-state index contributed by atoms with van der Waals surface area (Å²) >= 11 is 0. The van der Waals surface area contributed by atoms with Crippen molar-refractivity contribution < 1.29 is 14.7 Å². The Morgan fingerprint density at radius 3 is 2.89 bits per heavy atom. The van der Waals surface area contributed by atoms with Crippen LogP contribution >= 0.6 is 0 Å². The van der Waals surface area contributed by atoms with Crippen molar-refractivity contribution in [3.8, 4) is 0 Å². The third-order valence-electron chi connectivity index (χ3n) is 4.15. The number of hydrogen-bond donors (Lipinski definition) is 3. The van der Waals surface area contributed by atoms with Crippen LogP contribution in [0, 0.1) is 11.8 Å². The van der Waals surface area contributed by atoms with Crippen LogP contribution in [0.15, 0.2) is 0 Å². The Bertz CT molecular complexity index is 319. The lowest BCUT2D eigenvalue weighted by atomic mass is 9.93. The Morgan fingerprint density at radius 1 is 1.28 bits per heavy atom. The van der Waals surface area contributed by atoms with E-state index in [1.54, 1.807) is 0 Å². The van der Waals surface area contributed by atoms with Crippen LogP contribution < -0.4 is 10.6 Å². The second-order valence-electron chi connectivity index (χ2n) is 5.38. The highest BCUT2D eigenvalue weighted by atomic mass is 16.4. The van der Waals surface area contributed by atoms with Crippen LogP contribution in [0.25, 0.3) is 0 Å². The lowest BCUT2D eigenvalue weighted by Gasteiger charge is -2.17. The number of carbonyl (C=O) groups excluding carboxylic acids is 1. The van der Waals surface area contributed by atoms with Crippen LogP contribution in [0.1, 0.15) is 38.5 Å². The Balaban J connectivity index is 1.64. The van der Waals surface area contributed by atoms with Gasteiger partial charge in [0, 0.05) is 13.0 Å². The van der Waals surface area contributed by atoms with Crippen LogP contribution in [-0.2, 0) is 9.59 Å². The predicted molar refractivity (Wildman–Crippen MR) is 67.1 cm³/mol. The molecule has 1 aliphatic carbocycles. The molecule has 5 nitrogen and oxygen atoms in total. The highest BCUT2D eigenvalue weighted by Gasteiger charge is 2.42. The Hall–Kier alpha value is -1.10. The van der Waals surface area contributed by atoms with Gasteiger partial charge < -0.3 is 15.7 Å². The van der Waals surface area contributed by atoms with Gasteiger partial charge in [0.05, 0.1) is 6.04 Å². The van der Waals surface area contributed by atoms with E-state index in [2.05, 4.69) is 10.6 Å². The first-order chi connectivity index (χ1) is 8.68. The number of rotatable bonds is 6. The van der Waals surface area contributed by atoms with Crippen LogP contribution in [0.5, 0.6) is 0 Å². The summed E-state index contributed by atoms with van der Waals surface area (Å²) in [6.45, 7) is 1.56. The van der Waals surface area contributed by atoms with Gasteiger partial charge in [-0.3, -0.25) is 9.59 Å². The van der Waals surface area contributed by atoms with Crippen molar-refractivity contribution in [2.45, 2.75) is 44.6 Å². The summed E-state index contributed by atoms with van der Waals surface area (Å²) in [5.41, 5.74) is 0. The molecule has 0 aromatic heterocycles. The van der Waals surface area contributed by atoms with Crippen molar-refractivity contribution in [2.24, 2.45) is 11.8 Å². The molecule has 5 heteroatoms. The van der Waals surface area contributed by atoms with E-state index < -0.39 is 5.97 Å². The molecular formula is C13H22N2O3. The number of carbonyl (C=O) groups is 2. The maximum Gasteiger partial charge on any atom is 0.303 e. The topological polar surface area (TPSA) is 78.4 Å². The van der Waals surface area contributed by atoms with E-state index in [1.807, 2.05) is 0 Å². The number of nitrogens with one attached hydrogen (secondary N) is 2. The Morgan fingerprint density at radius 2 is 2.11 bits per heavy atom. The van der Waals surface area contributed by atoms with Crippen molar-refractivity contribution in [2.75, 3.05) is 13.1 Å². The van der Waals surface area contributed by atoms with Crippen LogP contribution in [0.4, 0.5) is 0 Å². The molecule has 0 radical (unpaired) electrons. The lowest BCUT2D eigenvalue weighted by molar-refractivity contribution is -0.137. The average Bonchev–Trinajstić information content (AvgIpc) is 2.89. The SMILES string of the molecule is O=C(O)CCCCNC(=O)C1NCC2CCCC21. The van der Waals surface area contributed by atoms with Gasteiger partial charge in [-0.1, -0.05) is 6.42 Å². The number of hydrogen-bond acceptors (Lipinski definition) is 3. The molecule has 1 amide bonds. The minimum Gasteiger partial charge on any atom is -0.481 e. The van der Waals surface area contributed by atoms with Gasteiger partial charge in [0.1, 0.15) is 0 Å². The molecule has 2 fully saturated rings. The third kappa shape index (κ3) is 3.22. The van der Waals surface area contributed by atoms with Crippen molar-refractivity contribution in [3.63, 3.8) is 0 Å². The molecule has 1 aliphatic heterocycles. The van der Waals surface area contributed by atoms with Crippen molar-refractivity contribution in [3.05, 3.63) is 0 Å². The summed E-state index contributed by atoms with van der Waals surface area (Å²) in [6.07, 6.45) is 5.20. The molecule has 2 aliphatic rings. The molecule has 3 atom stereocenters. The van der Waals surface area contributed by atoms with Gasteiger partial charge in [-0.2, -0.15) is 0 Å². The fraction of sp³-hybridized carbons (Fsp3) is 0.846. The van der Waals surface area contributed by atoms with E-state index in [1.165, 1.54) is 12.8 Å². The van der Waals surface area contributed by atoms with Crippen molar-refractivity contribution in [1.29, 1.82) is 0 Å². The molecule has 2 rings (SSSR count). The first-order valence-corrected chi connectivity index (χ1v) is 6.91. The molecule has 0 spiro atoms. The number of carboxylic acid groups (broad SMARTS) is 1. The van der Waals surface area contributed by atoms with Gasteiger partial charge in [-0.05, 0) is 44.1 Å².